The number of hydrogen-bond donors (Lipinski definition) is 0. The van der Waals surface area contributed by atoms with Crippen molar-refractivity contribution in [2.24, 2.45) is 0 Å². The second-order valence-corrected chi connectivity index (χ2v) is 4.43. The second kappa shape index (κ2) is 5.18. The van der Waals surface area contributed by atoms with Crippen molar-refractivity contribution in [3.63, 3.8) is 0 Å². The first-order valence-corrected chi connectivity index (χ1v) is 5.76. The Bertz CT molecular complexity index is 73.3. The van der Waals surface area contributed by atoms with Crippen LogP contribution in [0.4, 0.5) is 0 Å². The molecular weight excluding hydrogens is 137 g/mol. The van der Waals surface area contributed by atoms with E-state index in [1.54, 1.807) is 0 Å². The Kier molecular flexibility index (Phi) is 5.44. The lowest BCUT2D eigenvalue weighted by Crippen LogP contribution is -2.37. The predicted octanol–water partition coefficient (Wildman–Crippen LogP) is 1.16. The molecule has 0 spiro atoms. The molecule has 0 heterocycles. The molecular formula is C8H20AlN. The summed E-state index contributed by atoms with van der Waals surface area (Å²) in [5.74, 6) is 0. The highest BCUT2D eigenvalue weighted by Gasteiger charge is 2.10. The Labute approximate surface area is 73.2 Å². The second-order valence-electron chi connectivity index (χ2n) is 3.43. The van der Waals surface area contributed by atoms with Crippen molar-refractivity contribution in [1.29, 1.82) is 0 Å². The molecule has 0 aromatic rings. The van der Waals surface area contributed by atoms with E-state index in [1.165, 1.54) is 28.1 Å². The van der Waals surface area contributed by atoms with E-state index in [9.17, 15) is 0 Å². The molecule has 0 amide bonds. The maximum atomic E-state index is 2.55. The fourth-order valence-corrected chi connectivity index (χ4v) is 1.89. The molecule has 0 bridgehead atoms. The van der Waals surface area contributed by atoms with Gasteiger partial charge in [-0.05, 0) is 34.2 Å². The Morgan fingerprint density at radius 1 is 1.10 bits per heavy atom. The van der Waals surface area contributed by atoms with Crippen molar-refractivity contribution < 1.29 is 0 Å². The van der Waals surface area contributed by atoms with E-state index < -0.39 is 0 Å². The zero-order valence-corrected chi connectivity index (χ0v) is 10.0. The summed E-state index contributed by atoms with van der Waals surface area (Å²) in [5.41, 5.74) is 0. The summed E-state index contributed by atoms with van der Waals surface area (Å²) in [7, 11) is 0. The van der Waals surface area contributed by atoms with Crippen LogP contribution in [0.5, 0.6) is 0 Å². The first kappa shape index (κ1) is 10.5. The molecule has 0 unspecified atom stereocenters. The molecule has 0 atom stereocenters. The van der Waals surface area contributed by atoms with Gasteiger partial charge in [-0.15, -0.1) is 0 Å². The maximum Gasteiger partial charge on any atom is 0.213 e. The van der Waals surface area contributed by atoms with Gasteiger partial charge in [0.15, 0.2) is 0 Å². The number of nitrogens with zero attached hydrogens (tertiary/aromatic N) is 1. The van der Waals surface area contributed by atoms with Gasteiger partial charge in [0.25, 0.3) is 0 Å². The molecule has 0 fully saturated rings. The molecule has 0 aliphatic rings. The van der Waals surface area contributed by atoms with Gasteiger partial charge in [0.1, 0.15) is 0 Å². The van der Waals surface area contributed by atoms with Gasteiger partial charge in [-0.2, -0.15) is 0 Å². The zero-order valence-electron chi connectivity index (χ0n) is 8.02. The van der Waals surface area contributed by atoms with Crippen LogP contribution in [0, 0.1) is 0 Å². The Balaban J connectivity index is 3.73. The lowest BCUT2D eigenvalue weighted by molar-refractivity contribution is 0.185. The maximum absolute atomic E-state index is 2.55. The molecule has 10 heavy (non-hydrogen) atoms. The topological polar surface area (TPSA) is 3.24 Å². The monoisotopic (exact) mass is 157 g/mol. The van der Waals surface area contributed by atoms with Gasteiger partial charge >= 0.3 is 0 Å². The standard InChI is InChI=1S/C8H18N.Al.2H/c1-6-9(7(2)3)8(4)5;;;/h7-8H,1,6H2,2-5H3;;;. The molecule has 0 aliphatic heterocycles. The van der Waals surface area contributed by atoms with Gasteiger partial charge in [0, 0.05) is 12.1 Å². The van der Waals surface area contributed by atoms with Crippen LogP contribution in [0.1, 0.15) is 27.7 Å². The summed E-state index contributed by atoms with van der Waals surface area (Å²) >= 11 is 1.34. The molecule has 0 aromatic heterocycles. The molecule has 0 radical (unpaired) electrons. The van der Waals surface area contributed by atoms with Crippen molar-refractivity contribution in [3.05, 3.63) is 0 Å². The average Bonchev–Trinajstić information content (AvgIpc) is 1.81. The van der Waals surface area contributed by atoms with Crippen molar-refractivity contribution in [1.82, 2.24) is 4.90 Å². The minimum atomic E-state index is 0.717. The van der Waals surface area contributed by atoms with Crippen LogP contribution in [0.15, 0.2) is 0 Å². The van der Waals surface area contributed by atoms with Crippen LogP contribution in [0.3, 0.4) is 0 Å². The van der Waals surface area contributed by atoms with Crippen LogP contribution in [-0.2, 0) is 0 Å². The third-order valence-electron chi connectivity index (χ3n) is 1.81. The summed E-state index contributed by atoms with van der Waals surface area (Å²) in [6.45, 7) is 10.4. The fourth-order valence-electron chi connectivity index (χ4n) is 1.37. The van der Waals surface area contributed by atoms with Crippen LogP contribution in [-0.4, -0.2) is 39.8 Å². The van der Waals surface area contributed by atoms with Crippen molar-refractivity contribution in [2.45, 2.75) is 45.1 Å². The molecule has 0 aromatic carbocycles. The molecule has 0 aliphatic carbocycles. The third-order valence-corrected chi connectivity index (χ3v) is 2.26. The lowest BCUT2D eigenvalue weighted by atomic mass is 10.2. The molecule has 0 N–H and O–H groups in total. The van der Waals surface area contributed by atoms with Crippen LogP contribution in [0.25, 0.3) is 0 Å². The van der Waals surface area contributed by atoms with Gasteiger partial charge < -0.3 is 0 Å². The largest absolute Gasteiger partial charge is 0.300 e. The van der Waals surface area contributed by atoms with Crippen molar-refractivity contribution >= 4 is 16.3 Å². The van der Waals surface area contributed by atoms with Gasteiger partial charge in [0.2, 0.25) is 16.3 Å². The highest BCUT2D eigenvalue weighted by Crippen LogP contribution is 2.04. The molecule has 1 nitrogen and oxygen atoms in total. The minimum Gasteiger partial charge on any atom is -0.300 e. The first-order valence-electron chi connectivity index (χ1n) is 4.35. The van der Waals surface area contributed by atoms with E-state index in [-0.39, 0.29) is 0 Å². The van der Waals surface area contributed by atoms with E-state index in [2.05, 4.69) is 32.6 Å². The van der Waals surface area contributed by atoms with Crippen LogP contribution < -0.4 is 0 Å². The smallest absolute Gasteiger partial charge is 0.213 e. The Morgan fingerprint density at radius 3 is 1.60 bits per heavy atom. The van der Waals surface area contributed by atoms with E-state index in [0.29, 0.717) is 12.1 Å². The predicted molar refractivity (Wildman–Crippen MR) is 50.3 cm³/mol. The number of hydrogen-bond acceptors (Lipinski definition) is 1. The Morgan fingerprint density at radius 2 is 1.50 bits per heavy atom. The van der Waals surface area contributed by atoms with E-state index >= 15 is 0 Å². The average molecular weight is 157 g/mol. The van der Waals surface area contributed by atoms with Crippen molar-refractivity contribution in [2.75, 3.05) is 6.54 Å². The lowest BCUT2D eigenvalue weighted by Gasteiger charge is -2.30. The first-order chi connectivity index (χ1) is 4.59. The normalized spacial score (nSPS) is 11.9. The zero-order chi connectivity index (χ0) is 8.15. The van der Waals surface area contributed by atoms with Gasteiger partial charge in [-0.25, -0.2) is 0 Å². The van der Waals surface area contributed by atoms with Gasteiger partial charge in [-0.1, -0.05) is 5.28 Å². The quantitative estimate of drug-likeness (QED) is 0.553. The SMILES string of the molecule is CC(C)N(C[CH2][AlH2])C(C)C. The summed E-state index contributed by atoms with van der Waals surface area (Å²) in [5, 5.41) is 1.40. The minimum absolute atomic E-state index is 0.717. The highest BCUT2D eigenvalue weighted by atomic mass is 27.0. The van der Waals surface area contributed by atoms with E-state index in [0.717, 1.165) is 0 Å². The molecule has 60 valence electrons. The molecule has 0 saturated heterocycles. The van der Waals surface area contributed by atoms with E-state index in [4.69, 9.17) is 0 Å². The van der Waals surface area contributed by atoms with Crippen molar-refractivity contribution in [3.8, 4) is 0 Å². The van der Waals surface area contributed by atoms with E-state index in [1.807, 2.05) is 0 Å². The third kappa shape index (κ3) is 3.61. The summed E-state index contributed by atoms with van der Waals surface area (Å²) in [4.78, 5) is 2.55. The van der Waals surface area contributed by atoms with Gasteiger partial charge in [-0.3, -0.25) is 4.90 Å². The van der Waals surface area contributed by atoms with Crippen LogP contribution in [0.2, 0.25) is 5.28 Å². The summed E-state index contributed by atoms with van der Waals surface area (Å²) in [6, 6.07) is 1.43. The summed E-state index contributed by atoms with van der Waals surface area (Å²) in [6.07, 6.45) is 0. The Hall–Kier alpha value is 0.492. The van der Waals surface area contributed by atoms with Crippen LogP contribution >= 0.6 is 0 Å². The molecule has 2 heteroatoms. The molecule has 0 rings (SSSR count). The summed E-state index contributed by atoms with van der Waals surface area (Å²) < 4.78 is 0. The highest BCUT2D eigenvalue weighted by molar-refractivity contribution is 6.08. The molecule has 0 saturated carbocycles. The number of rotatable bonds is 4. The fraction of sp³-hybridized carbons (Fsp3) is 1.00. The van der Waals surface area contributed by atoms with Gasteiger partial charge in [0.05, 0.1) is 0 Å².